The van der Waals surface area contributed by atoms with E-state index in [1.165, 1.54) is 50.7 Å². The number of hydrogen-bond acceptors (Lipinski definition) is 3. The standard InChI is InChI=1S/C23H38N6/c1-19-11-6-8-16-28(19)17-9-7-14-25-23(24-3)26-15-10-18-29-20(2)27-21-12-4-5-13-22(21)29/h4-5,12-13,19H,6-11,14-18H2,1-3H3,(H2,24,25,26). The number of guanidine groups is 1. The number of piperidine rings is 1. The highest BCUT2D eigenvalue weighted by molar-refractivity contribution is 5.79. The molecular weight excluding hydrogens is 360 g/mol. The Morgan fingerprint density at radius 2 is 1.90 bits per heavy atom. The molecule has 0 amide bonds. The van der Waals surface area contributed by atoms with E-state index in [4.69, 9.17) is 0 Å². The van der Waals surface area contributed by atoms with Crippen molar-refractivity contribution in [1.82, 2.24) is 25.1 Å². The lowest BCUT2D eigenvalue weighted by molar-refractivity contribution is 0.158. The fourth-order valence-electron chi connectivity index (χ4n) is 4.28. The van der Waals surface area contributed by atoms with Crippen molar-refractivity contribution in [2.75, 3.05) is 33.2 Å². The molecule has 160 valence electrons. The molecule has 0 saturated carbocycles. The Morgan fingerprint density at radius 3 is 2.69 bits per heavy atom. The van der Waals surface area contributed by atoms with Gasteiger partial charge in [0, 0.05) is 32.7 Å². The highest BCUT2D eigenvalue weighted by atomic mass is 15.2. The Kier molecular flexibility index (Phi) is 8.35. The average Bonchev–Trinajstić information content (AvgIpc) is 3.05. The average molecular weight is 399 g/mol. The Bertz CT molecular complexity index is 781. The maximum Gasteiger partial charge on any atom is 0.190 e. The predicted octanol–water partition coefficient (Wildman–Crippen LogP) is 3.55. The minimum atomic E-state index is 0.766. The first-order chi connectivity index (χ1) is 14.2. The molecule has 2 aromatic rings. The van der Waals surface area contributed by atoms with Gasteiger partial charge in [-0.25, -0.2) is 4.98 Å². The lowest BCUT2D eigenvalue weighted by Gasteiger charge is -2.33. The first-order valence-electron chi connectivity index (χ1n) is 11.3. The predicted molar refractivity (Wildman–Crippen MR) is 123 cm³/mol. The molecule has 1 aliphatic heterocycles. The zero-order valence-corrected chi connectivity index (χ0v) is 18.5. The van der Waals surface area contributed by atoms with Crippen LogP contribution in [-0.4, -0.2) is 59.7 Å². The second kappa shape index (κ2) is 11.2. The molecule has 0 aliphatic carbocycles. The Morgan fingerprint density at radius 1 is 1.10 bits per heavy atom. The third-order valence-electron chi connectivity index (χ3n) is 6.03. The van der Waals surface area contributed by atoms with Crippen LogP contribution < -0.4 is 10.6 Å². The molecule has 0 radical (unpaired) electrons. The zero-order chi connectivity index (χ0) is 20.5. The topological polar surface area (TPSA) is 57.5 Å². The van der Waals surface area contributed by atoms with E-state index in [1.54, 1.807) is 0 Å². The Hall–Kier alpha value is -2.08. The van der Waals surface area contributed by atoms with Crippen molar-refractivity contribution in [3.05, 3.63) is 30.1 Å². The number of aryl methyl sites for hydroxylation is 2. The van der Waals surface area contributed by atoms with Gasteiger partial charge < -0.3 is 20.1 Å². The van der Waals surface area contributed by atoms with E-state index >= 15 is 0 Å². The molecule has 1 saturated heterocycles. The number of unbranched alkanes of at least 4 members (excludes halogenated alkanes) is 1. The lowest BCUT2D eigenvalue weighted by atomic mass is 10.0. The molecule has 1 aromatic carbocycles. The van der Waals surface area contributed by atoms with E-state index in [0.717, 1.165) is 49.4 Å². The van der Waals surface area contributed by atoms with Crippen molar-refractivity contribution in [3.63, 3.8) is 0 Å². The maximum atomic E-state index is 4.64. The molecule has 6 heteroatoms. The van der Waals surface area contributed by atoms with Gasteiger partial charge in [-0.15, -0.1) is 0 Å². The SMILES string of the molecule is CN=C(NCCCCN1CCCCC1C)NCCCn1c(C)nc2ccccc21. The van der Waals surface area contributed by atoms with Crippen LogP contribution in [0.4, 0.5) is 0 Å². The van der Waals surface area contributed by atoms with Crippen molar-refractivity contribution in [1.29, 1.82) is 0 Å². The van der Waals surface area contributed by atoms with Crippen LogP contribution in [0.3, 0.4) is 0 Å². The zero-order valence-electron chi connectivity index (χ0n) is 18.5. The van der Waals surface area contributed by atoms with Gasteiger partial charge in [-0.1, -0.05) is 18.6 Å². The number of aliphatic imine (C=N–C) groups is 1. The first kappa shape index (κ1) is 21.6. The number of hydrogen-bond donors (Lipinski definition) is 2. The van der Waals surface area contributed by atoms with E-state index in [1.807, 2.05) is 13.1 Å². The third-order valence-corrected chi connectivity index (χ3v) is 6.03. The van der Waals surface area contributed by atoms with Crippen molar-refractivity contribution in [3.8, 4) is 0 Å². The number of benzene rings is 1. The van der Waals surface area contributed by atoms with Crippen LogP contribution in [0.15, 0.2) is 29.3 Å². The van der Waals surface area contributed by atoms with Gasteiger partial charge in [0.15, 0.2) is 5.96 Å². The summed E-state index contributed by atoms with van der Waals surface area (Å²) < 4.78 is 2.30. The van der Waals surface area contributed by atoms with Gasteiger partial charge in [0.2, 0.25) is 0 Å². The van der Waals surface area contributed by atoms with Gasteiger partial charge in [-0.05, 0) is 71.2 Å². The van der Waals surface area contributed by atoms with Crippen molar-refractivity contribution >= 4 is 17.0 Å². The summed E-state index contributed by atoms with van der Waals surface area (Å²) in [7, 11) is 1.85. The van der Waals surface area contributed by atoms with E-state index < -0.39 is 0 Å². The molecule has 2 N–H and O–H groups in total. The summed E-state index contributed by atoms with van der Waals surface area (Å²) in [5.74, 6) is 1.99. The third kappa shape index (κ3) is 6.20. The van der Waals surface area contributed by atoms with Gasteiger partial charge in [-0.2, -0.15) is 0 Å². The first-order valence-corrected chi connectivity index (χ1v) is 11.3. The molecule has 2 heterocycles. The number of rotatable bonds is 9. The second-order valence-electron chi connectivity index (χ2n) is 8.17. The van der Waals surface area contributed by atoms with Crippen LogP contribution in [0.1, 0.15) is 51.3 Å². The Labute approximate surface area is 175 Å². The summed E-state index contributed by atoms with van der Waals surface area (Å²) in [6, 6.07) is 9.12. The molecule has 1 unspecified atom stereocenters. The molecule has 1 aromatic heterocycles. The van der Waals surface area contributed by atoms with Crippen LogP contribution in [0, 0.1) is 6.92 Å². The summed E-state index contributed by atoms with van der Waals surface area (Å²) in [5, 5.41) is 6.90. The molecule has 29 heavy (non-hydrogen) atoms. The number of nitrogens with zero attached hydrogens (tertiary/aromatic N) is 4. The van der Waals surface area contributed by atoms with E-state index in [2.05, 4.69) is 62.1 Å². The largest absolute Gasteiger partial charge is 0.356 e. The fraction of sp³-hybridized carbons (Fsp3) is 0.652. The van der Waals surface area contributed by atoms with Gasteiger partial charge in [0.1, 0.15) is 5.82 Å². The van der Waals surface area contributed by atoms with Crippen LogP contribution in [-0.2, 0) is 6.54 Å². The number of likely N-dealkylation sites (tertiary alicyclic amines) is 1. The van der Waals surface area contributed by atoms with Crippen LogP contribution in [0.5, 0.6) is 0 Å². The quantitative estimate of drug-likeness (QED) is 0.385. The van der Waals surface area contributed by atoms with Crippen molar-refractivity contribution in [2.45, 2.75) is 65.0 Å². The second-order valence-corrected chi connectivity index (χ2v) is 8.17. The summed E-state index contributed by atoms with van der Waals surface area (Å²) >= 11 is 0. The number of imidazole rings is 1. The molecule has 3 rings (SSSR count). The normalized spacial score (nSPS) is 18.3. The molecule has 0 bridgehead atoms. The summed E-state index contributed by atoms with van der Waals surface area (Å²) in [5.41, 5.74) is 2.30. The number of nitrogens with one attached hydrogen (secondary N) is 2. The molecular formula is C23H38N6. The highest BCUT2D eigenvalue weighted by Crippen LogP contribution is 2.17. The van der Waals surface area contributed by atoms with Gasteiger partial charge in [0.25, 0.3) is 0 Å². The van der Waals surface area contributed by atoms with Crippen molar-refractivity contribution < 1.29 is 0 Å². The molecule has 6 nitrogen and oxygen atoms in total. The summed E-state index contributed by atoms with van der Waals surface area (Å²) in [6.07, 6.45) is 7.61. The van der Waals surface area contributed by atoms with E-state index in [9.17, 15) is 0 Å². The highest BCUT2D eigenvalue weighted by Gasteiger charge is 2.16. The van der Waals surface area contributed by atoms with E-state index in [0.29, 0.717) is 0 Å². The molecule has 1 atom stereocenters. The number of aromatic nitrogens is 2. The number of para-hydroxylation sites is 2. The van der Waals surface area contributed by atoms with Crippen LogP contribution in [0.2, 0.25) is 0 Å². The minimum Gasteiger partial charge on any atom is -0.356 e. The van der Waals surface area contributed by atoms with Gasteiger partial charge in [0.05, 0.1) is 11.0 Å². The van der Waals surface area contributed by atoms with Crippen LogP contribution >= 0.6 is 0 Å². The van der Waals surface area contributed by atoms with Crippen molar-refractivity contribution in [2.24, 2.45) is 4.99 Å². The van der Waals surface area contributed by atoms with Crippen LogP contribution in [0.25, 0.3) is 11.0 Å². The van der Waals surface area contributed by atoms with E-state index in [-0.39, 0.29) is 0 Å². The van der Waals surface area contributed by atoms with Gasteiger partial charge >= 0.3 is 0 Å². The monoisotopic (exact) mass is 398 g/mol. The fourth-order valence-corrected chi connectivity index (χ4v) is 4.28. The maximum absolute atomic E-state index is 4.64. The summed E-state index contributed by atoms with van der Waals surface area (Å²) in [4.78, 5) is 11.6. The van der Waals surface area contributed by atoms with Gasteiger partial charge in [-0.3, -0.25) is 4.99 Å². The smallest absolute Gasteiger partial charge is 0.190 e. The molecule has 0 spiro atoms. The summed E-state index contributed by atoms with van der Waals surface area (Å²) in [6.45, 7) is 9.81. The molecule has 1 fully saturated rings. The Balaban J connectivity index is 1.31. The minimum absolute atomic E-state index is 0.766. The lowest BCUT2D eigenvalue weighted by Crippen LogP contribution is -2.39. The number of fused-ring (bicyclic) bond motifs is 1. The molecule has 1 aliphatic rings.